The van der Waals surface area contributed by atoms with Crippen molar-refractivity contribution < 1.29 is 0 Å². The van der Waals surface area contributed by atoms with Gasteiger partial charge in [0.15, 0.2) is 17.5 Å². The van der Waals surface area contributed by atoms with E-state index >= 15 is 0 Å². The van der Waals surface area contributed by atoms with Crippen LogP contribution in [0.4, 0.5) is 34.1 Å². The fourth-order valence-electron chi connectivity index (χ4n) is 11.8. The second kappa shape index (κ2) is 20.6. The van der Waals surface area contributed by atoms with Crippen molar-refractivity contribution in [2.45, 2.75) is 0 Å². The minimum absolute atomic E-state index is 0.574. The topological polar surface area (TPSA) is 55.0 Å². The van der Waals surface area contributed by atoms with Gasteiger partial charge < -0.3 is 18.9 Å². The van der Waals surface area contributed by atoms with E-state index in [9.17, 15) is 0 Å². The molecule has 386 valence electrons. The van der Waals surface area contributed by atoms with Gasteiger partial charge in [-0.15, -0.1) is 0 Å². The van der Waals surface area contributed by atoms with Gasteiger partial charge in [-0.25, -0.2) is 15.0 Å². The SMILES string of the molecule is c1ccc(-c2ccccc2-c2nc(-c3cccc(-n4c5ccccc5c5cc(N(c6ccccc6)c6ccccc6)ccc54)c3)nc(-c3cccc(-n4c5ccccc5c5cc(N(c6ccccc6)c6ccccc6)ccc54)c3)n2)cc1. The summed E-state index contributed by atoms with van der Waals surface area (Å²) in [5.74, 6) is 1.74. The van der Waals surface area contributed by atoms with Gasteiger partial charge >= 0.3 is 0 Å². The first kappa shape index (κ1) is 48.0. The van der Waals surface area contributed by atoms with Gasteiger partial charge in [0.2, 0.25) is 0 Å². The molecule has 0 fully saturated rings. The first-order valence-electron chi connectivity index (χ1n) is 27.7. The lowest BCUT2D eigenvalue weighted by atomic mass is 9.99. The van der Waals surface area contributed by atoms with Gasteiger partial charge in [-0.2, -0.15) is 0 Å². The van der Waals surface area contributed by atoms with Gasteiger partial charge in [-0.3, -0.25) is 0 Å². The van der Waals surface area contributed by atoms with E-state index in [-0.39, 0.29) is 0 Å². The fourth-order valence-corrected chi connectivity index (χ4v) is 11.8. The average molecular weight is 1050 g/mol. The van der Waals surface area contributed by atoms with Crippen LogP contribution in [0.1, 0.15) is 0 Å². The van der Waals surface area contributed by atoms with Crippen LogP contribution in [0.5, 0.6) is 0 Å². The summed E-state index contributed by atoms with van der Waals surface area (Å²) in [6, 6.07) is 109. The van der Waals surface area contributed by atoms with E-state index in [0.29, 0.717) is 17.5 Å². The molecule has 3 heterocycles. The molecular weight excluding hydrogens is 999 g/mol. The van der Waals surface area contributed by atoms with E-state index in [4.69, 9.17) is 15.0 Å². The molecule has 7 heteroatoms. The predicted octanol–water partition coefficient (Wildman–Crippen LogP) is 19.7. The van der Waals surface area contributed by atoms with Crippen LogP contribution in [0.3, 0.4) is 0 Å². The molecule has 0 unspecified atom stereocenters. The van der Waals surface area contributed by atoms with Crippen molar-refractivity contribution in [3.05, 3.63) is 309 Å². The van der Waals surface area contributed by atoms with E-state index in [1.54, 1.807) is 0 Å². The number of rotatable bonds is 12. The predicted molar refractivity (Wildman–Crippen MR) is 340 cm³/mol. The number of nitrogens with zero attached hydrogens (tertiary/aromatic N) is 7. The molecule has 0 amide bonds. The van der Waals surface area contributed by atoms with Crippen molar-refractivity contribution in [2.24, 2.45) is 0 Å². The summed E-state index contributed by atoms with van der Waals surface area (Å²) >= 11 is 0. The molecule has 12 aromatic carbocycles. The number of benzene rings is 12. The lowest BCUT2D eigenvalue weighted by Crippen LogP contribution is -2.09. The highest BCUT2D eigenvalue weighted by atomic mass is 15.1. The number of anilines is 6. The second-order valence-electron chi connectivity index (χ2n) is 20.4. The van der Waals surface area contributed by atoms with Crippen LogP contribution >= 0.6 is 0 Å². The zero-order valence-electron chi connectivity index (χ0n) is 44.6. The Morgan fingerprint density at radius 1 is 0.220 bits per heavy atom. The Bertz CT molecular complexity index is 4460. The third-order valence-corrected chi connectivity index (χ3v) is 15.5. The highest BCUT2D eigenvalue weighted by molar-refractivity contribution is 6.12. The Morgan fingerprint density at radius 3 is 1.00 bits per heavy atom. The Balaban J connectivity index is 0.875. The molecule has 15 rings (SSSR count). The summed E-state index contributed by atoms with van der Waals surface area (Å²) in [6.07, 6.45) is 0. The zero-order chi connectivity index (χ0) is 54.3. The Kier molecular flexibility index (Phi) is 12.0. The summed E-state index contributed by atoms with van der Waals surface area (Å²) in [7, 11) is 0. The van der Waals surface area contributed by atoms with Crippen LogP contribution in [0.25, 0.3) is 100 Å². The summed E-state index contributed by atoms with van der Waals surface area (Å²) in [4.78, 5) is 20.8. The first-order chi connectivity index (χ1) is 40.7. The molecule has 0 aliphatic rings. The van der Waals surface area contributed by atoms with Gasteiger partial charge in [0, 0.05) is 83.7 Å². The highest BCUT2D eigenvalue weighted by Crippen LogP contribution is 2.43. The second-order valence-corrected chi connectivity index (χ2v) is 20.4. The minimum Gasteiger partial charge on any atom is -0.310 e. The normalized spacial score (nSPS) is 11.4. The Labute approximate surface area is 475 Å². The molecule has 3 aromatic heterocycles. The number of hydrogen-bond donors (Lipinski definition) is 0. The molecule has 82 heavy (non-hydrogen) atoms. The van der Waals surface area contributed by atoms with Gasteiger partial charge in [-0.1, -0.05) is 188 Å². The van der Waals surface area contributed by atoms with Gasteiger partial charge in [0.25, 0.3) is 0 Å². The monoisotopic (exact) mass is 1050 g/mol. The van der Waals surface area contributed by atoms with Crippen molar-refractivity contribution in [1.82, 2.24) is 24.1 Å². The summed E-state index contributed by atoms with van der Waals surface area (Å²) < 4.78 is 4.72. The largest absolute Gasteiger partial charge is 0.310 e. The van der Waals surface area contributed by atoms with Crippen LogP contribution in [-0.2, 0) is 0 Å². The third-order valence-electron chi connectivity index (χ3n) is 15.5. The van der Waals surface area contributed by atoms with E-state index in [0.717, 1.165) is 117 Å². The molecule has 0 N–H and O–H groups in total. The maximum atomic E-state index is 5.42. The third kappa shape index (κ3) is 8.61. The molecule has 15 aromatic rings. The van der Waals surface area contributed by atoms with Crippen molar-refractivity contribution >= 4 is 77.7 Å². The van der Waals surface area contributed by atoms with Crippen LogP contribution in [-0.4, -0.2) is 24.1 Å². The van der Waals surface area contributed by atoms with Gasteiger partial charge in [0.05, 0.1) is 22.1 Å². The Morgan fingerprint density at radius 2 is 0.561 bits per heavy atom. The fraction of sp³-hybridized carbons (Fsp3) is 0. The zero-order valence-corrected chi connectivity index (χ0v) is 44.6. The maximum Gasteiger partial charge on any atom is 0.164 e. The first-order valence-corrected chi connectivity index (χ1v) is 27.7. The Hall–Kier alpha value is -11.2. The molecule has 0 aliphatic heterocycles. The lowest BCUT2D eigenvalue weighted by molar-refractivity contribution is 1.07. The molecule has 7 nitrogen and oxygen atoms in total. The maximum absolute atomic E-state index is 5.42. The number of para-hydroxylation sites is 6. The molecule has 0 saturated carbocycles. The minimum atomic E-state index is 0.574. The van der Waals surface area contributed by atoms with E-state index in [1.807, 2.05) is 6.07 Å². The average Bonchev–Trinajstić information content (AvgIpc) is 4.01. The lowest BCUT2D eigenvalue weighted by Gasteiger charge is -2.25. The molecule has 0 atom stereocenters. The van der Waals surface area contributed by atoms with Crippen LogP contribution in [0.15, 0.2) is 309 Å². The van der Waals surface area contributed by atoms with Gasteiger partial charge in [0.1, 0.15) is 0 Å². The summed E-state index contributed by atoms with van der Waals surface area (Å²) in [5, 5.41) is 4.64. The number of aromatic nitrogens is 5. The molecule has 0 bridgehead atoms. The molecule has 0 saturated heterocycles. The van der Waals surface area contributed by atoms with E-state index in [1.165, 1.54) is 0 Å². The number of hydrogen-bond acceptors (Lipinski definition) is 5. The molecule has 0 spiro atoms. The van der Waals surface area contributed by atoms with Crippen molar-refractivity contribution in [1.29, 1.82) is 0 Å². The smallest absolute Gasteiger partial charge is 0.164 e. The van der Waals surface area contributed by atoms with E-state index in [2.05, 4.69) is 322 Å². The molecule has 0 radical (unpaired) electrons. The van der Waals surface area contributed by atoms with Crippen LogP contribution < -0.4 is 9.80 Å². The highest BCUT2D eigenvalue weighted by Gasteiger charge is 2.22. The van der Waals surface area contributed by atoms with Crippen LogP contribution in [0.2, 0.25) is 0 Å². The number of fused-ring (bicyclic) bond motifs is 6. The summed E-state index contributed by atoms with van der Waals surface area (Å²) in [5.41, 5.74) is 17.7. The van der Waals surface area contributed by atoms with Crippen molar-refractivity contribution in [3.63, 3.8) is 0 Å². The van der Waals surface area contributed by atoms with Crippen molar-refractivity contribution in [3.8, 4) is 56.7 Å². The van der Waals surface area contributed by atoms with Crippen LogP contribution in [0, 0.1) is 0 Å². The van der Waals surface area contributed by atoms with Gasteiger partial charge in [-0.05, 0) is 132 Å². The quantitative estimate of drug-likeness (QED) is 0.122. The van der Waals surface area contributed by atoms with E-state index < -0.39 is 0 Å². The molecular formula is C75H51N7. The standard InChI is InChI=1S/C75H51N7/c1-6-24-52(25-7-1)63-38-16-17-41-66(63)75-77-73(53-26-22-36-59(48-53)81-69-42-20-18-39-64(69)67-50-61(44-46-71(67)81)79(55-28-8-2-9-29-55)56-30-10-3-11-31-56)76-74(78-75)54-27-23-37-60(49-54)82-70-43-21-19-40-65(70)68-51-62(45-47-72(68)82)80(57-32-12-4-13-33-57)58-34-14-5-15-35-58/h1-51H. The molecule has 0 aliphatic carbocycles. The summed E-state index contributed by atoms with van der Waals surface area (Å²) in [6.45, 7) is 0. The van der Waals surface area contributed by atoms with Crippen molar-refractivity contribution in [2.75, 3.05) is 9.80 Å².